The van der Waals surface area contributed by atoms with Crippen molar-refractivity contribution >= 4 is 23.8 Å². The van der Waals surface area contributed by atoms with Gasteiger partial charge in [0.25, 0.3) is 0 Å². The van der Waals surface area contributed by atoms with E-state index in [-0.39, 0.29) is 31.7 Å². The minimum absolute atomic E-state index is 0.0386. The summed E-state index contributed by atoms with van der Waals surface area (Å²) in [5.41, 5.74) is 0. The highest BCUT2D eigenvalue weighted by Crippen LogP contribution is 2.47. The van der Waals surface area contributed by atoms with Gasteiger partial charge in [-0.05, 0) is 6.42 Å². The SMILES string of the molecule is COC(=O)CC[C@H]1C(OC(C)=O)OC2(OC(C)=O)CNC(=O)C[C@H]12. The van der Waals surface area contributed by atoms with Crippen molar-refractivity contribution < 1.29 is 38.1 Å². The van der Waals surface area contributed by atoms with Crippen molar-refractivity contribution in [3.05, 3.63) is 0 Å². The number of ether oxygens (including phenoxy) is 4. The van der Waals surface area contributed by atoms with Crippen molar-refractivity contribution in [3.8, 4) is 0 Å². The second-order valence-electron chi connectivity index (χ2n) is 5.87. The van der Waals surface area contributed by atoms with E-state index in [2.05, 4.69) is 10.1 Å². The average molecular weight is 343 g/mol. The zero-order valence-electron chi connectivity index (χ0n) is 13.8. The Kier molecular flexibility index (Phi) is 5.43. The number of methoxy groups -OCH3 is 1. The maximum Gasteiger partial charge on any atom is 0.305 e. The first-order chi connectivity index (χ1) is 11.3. The number of esters is 3. The van der Waals surface area contributed by atoms with E-state index in [1.54, 1.807) is 0 Å². The first-order valence-electron chi connectivity index (χ1n) is 7.65. The normalized spacial score (nSPS) is 31.6. The van der Waals surface area contributed by atoms with Crippen molar-refractivity contribution in [2.24, 2.45) is 11.8 Å². The van der Waals surface area contributed by atoms with Gasteiger partial charge in [0.05, 0.1) is 13.7 Å². The third-order valence-electron chi connectivity index (χ3n) is 4.19. The van der Waals surface area contributed by atoms with E-state index >= 15 is 0 Å². The van der Waals surface area contributed by atoms with Crippen LogP contribution in [-0.4, -0.2) is 49.5 Å². The lowest BCUT2D eigenvalue weighted by molar-refractivity contribution is -0.267. The molecule has 2 unspecified atom stereocenters. The number of hydrogen-bond donors (Lipinski definition) is 1. The predicted octanol–water partition coefficient (Wildman–Crippen LogP) is -0.129. The topological polar surface area (TPSA) is 117 Å². The first kappa shape index (κ1) is 18.2. The summed E-state index contributed by atoms with van der Waals surface area (Å²) in [6.07, 6.45) is -0.636. The molecule has 24 heavy (non-hydrogen) atoms. The fraction of sp³-hybridized carbons (Fsp3) is 0.733. The molecule has 9 heteroatoms. The highest BCUT2D eigenvalue weighted by atomic mass is 16.8. The van der Waals surface area contributed by atoms with E-state index in [1.807, 2.05) is 0 Å². The van der Waals surface area contributed by atoms with Crippen LogP contribution >= 0.6 is 0 Å². The van der Waals surface area contributed by atoms with Crippen LogP contribution in [0.2, 0.25) is 0 Å². The minimum atomic E-state index is -1.40. The summed E-state index contributed by atoms with van der Waals surface area (Å²) in [5, 5.41) is 2.60. The lowest BCUT2D eigenvalue weighted by Gasteiger charge is -2.37. The Morgan fingerprint density at radius 3 is 2.58 bits per heavy atom. The summed E-state index contributed by atoms with van der Waals surface area (Å²) < 4.78 is 20.9. The van der Waals surface area contributed by atoms with Gasteiger partial charge in [-0.2, -0.15) is 0 Å². The molecular formula is C15H21NO8. The van der Waals surface area contributed by atoms with Gasteiger partial charge in [-0.25, -0.2) is 0 Å². The molecule has 0 aliphatic carbocycles. The third-order valence-corrected chi connectivity index (χ3v) is 4.19. The van der Waals surface area contributed by atoms with Crippen LogP contribution in [0.1, 0.15) is 33.1 Å². The molecule has 0 spiro atoms. The fourth-order valence-corrected chi connectivity index (χ4v) is 3.24. The molecule has 2 fully saturated rings. The zero-order chi connectivity index (χ0) is 17.9. The maximum atomic E-state index is 11.8. The summed E-state index contributed by atoms with van der Waals surface area (Å²) in [5.74, 6) is -4.20. The maximum absolute atomic E-state index is 11.8. The number of amides is 1. The van der Waals surface area contributed by atoms with E-state index in [9.17, 15) is 19.2 Å². The van der Waals surface area contributed by atoms with Crippen LogP contribution in [0.5, 0.6) is 0 Å². The second-order valence-corrected chi connectivity index (χ2v) is 5.87. The number of fused-ring (bicyclic) bond motifs is 1. The first-order valence-corrected chi connectivity index (χ1v) is 7.65. The average Bonchev–Trinajstić information content (AvgIpc) is 2.76. The molecule has 1 N–H and O–H groups in total. The summed E-state index contributed by atoms with van der Waals surface area (Å²) >= 11 is 0. The number of hydrogen-bond acceptors (Lipinski definition) is 8. The molecule has 2 heterocycles. The molecule has 0 saturated carbocycles. The summed E-state index contributed by atoms with van der Waals surface area (Å²) in [7, 11) is 1.27. The van der Waals surface area contributed by atoms with Crippen LogP contribution in [-0.2, 0) is 38.1 Å². The molecule has 0 aromatic rings. The largest absolute Gasteiger partial charge is 0.469 e. The standard InChI is InChI=1S/C15H21NO8/c1-8(17)22-14-10(4-5-13(20)21-3)11-6-12(19)16-7-15(11,24-14)23-9(2)18/h10-11,14H,4-7H2,1-3H3,(H,16,19)/t10-,11-,14?,15?/m1/s1. The molecule has 9 nitrogen and oxygen atoms in total. The second kappa shape index (κ2) is 7.16. The summed E-state index contributed by atoms with van der Waals surface area (Å²) in [4.78, 5) is 46.1. The molecule has 0 bridgehead atoms. The van der Waals surface area contributed by atoms with Gasteiger partial charge >= 0.3 is 17.9 Å². The van der Waals surface area contributed by atoms with Gasteiger partial charge in [0, 0.05) is 38.5 Å². The molecule has 4 atom stereocenters. The highest BCUT2D eigenvalue weighted by molar-refractivity contribution is 5.78. The molecule has 0 radical (unpaired) electrons. The molecule has 2 rings (SSSR count). The fourth-order valence-electron chi connectivity index (χ4n) is 3.24. The monoisotopic (exact) mass is 343 g/mol. The Labute approximate surface area is 138 Å². The van der Waals surface area contributed by atoms with Gasteiger partial charge in [-0.15, -0.1) is 0 Å². The van der Waals surface area contributed by atoms with Crippen molar-refractivity contribution in [1.82, 2.24) is 5.32 Å². The summed E-state index contributed by atoms with van der Waals surface area (Å²) in [6, 6.07) is 0. The van der Waals surface area contributed by atoms with Gasteiger partial charge in [-0.3, -0.25) is 23.9 Å². The minimum Gasteiger partial charge on any atom is -0.469 e. The number of rotatable bonds is 5. The summed E-state index contributed by atoms with van der Waals surface area (Å²) in [6.45, 7) is 2.42. The van der Waals surface area contributed by atoms with E-state index in [1.165, 1.54) is 21.0 Å². The zero-order valence-corrected chi connectivity index (χ0v) is 13.8. The van der Waals surface area contributed by atoms with Crippen molar-refractivity contribution in [3.63, 3.8) is 0 Å². The Morgan fingerprint density at radius 2 is 2.00 bits per heavy atom. The van der Waals surface area contributed by atoms with Crippen molar-refractivity contribution in [1.29, 1.82) is 0 Å². The van der Waals surface area contributed by atoms with Crippen LogP contribution in [0.4, 0.5) is 0 Å². The molecule has 2 aliphatic rings. The quantitative estimate of drug-likeness (QED) is 0.542. The van der Waals surface area contributed by atoms with Crippen LogP contribution in [0.15, 0.2) is 0 Å². The molecule has 2 saturated heterocycles. The van der Waals surface area contributed by atoms with E-state index < -0.39 is 41.8 Å². The smallest absolute Gasteiger partial charge is 0.305 e. The highest BCUT2D eigenvalue weighted by Gasteiger charge is 2.61. The Bertz CT molecular complexity index is 548. The van der Waals surface area contributed by atoms with Gasteiger partial charge in [0.2, 0.25) is 18.0 Å². The molecule has 134 valence electrons. The van der Waals surface area contributed by atoms with Crippen molar-refractivity contribution in [2.45, 2.75) is 45.2 Å². The Morgan fingerprint density at radius 1 is 1.29 bits per heavy atom. The van der Waals surface area contributed by atoms with Crippen LogP contribution in [0.25, 0.3) is 0 Å². The van der Waals surface area contributed by atoms with Crippen molar-refractivity contribution in [2.75, 3.05) is 13.7 Å². The lowest BCUT2D eigenvalue weighted by atomic mass is 9.80. The van der Waals surface area contributed by atoms with Gasteiger partial charge in [0.15, 0.2) is 0 Å². The molecule has 1 amide bonds. The van der Waals surface area contributed by atoms with E-state index in [4.69, 9.17) is 14.2 Å². The predicted molar refractivity (Wildman–Crippen MR) is 77.0 cm³/mol. The lowest BCUT2D eigenvalue weighted by Crippen LogP contribution is -2.56. The Hall–Kier alpha value is -2.16. The van der Waals surface area contributed by atoms with Crippen LogP contribution < -0.4 is 5.32 Å². The number of piperidine rings is 1. The van der Waals surface area contributed by atoms with Crippen LogP contribution in [0.3, 0.4) is 0 Å². The van der Waals surface area contributed by atoms with E-state index in [0.29, 0.717) is 0 Å². The number of carbonyl (C=O) groups is 4. The molecule has 0 aromatic heterocycles. The third kappa shape index (κ3) is 3.84. The number of nitrogens with one attached hydrogen (secondary N) is 1. The van der Waals surface area contributed by atoms with Gasteiger partial charge in [-0.1, -0.05) is 0 Å². The van der Waals surface area contributed by atoms with Gasteiger partial charge < -0.3 is 19.5 Å². The van der Waals surface area contributed by atoms with E-state index in [0.717, 1.165) is 0 Å². The number of carbonyl (C=O) groups excluding carboxylic acids is 4. The van der Waals surface area contributed by atoms with Gasteiger partial charge in [0.1, 0.15) is 0 Å². The molecular weight excluding hydrogens is 322 g/mol. The molecule has 2 aliphatic heterocycles. The molecule has 0 aromatic carbocycles. The van der Waals surface area contributed by atoms with Crippen LogP contribution in [0, 0.1) is 11.8 Å². The Balaban J connectivity index is 2.27.